The standard InChI is InChI=1S/C11H20O/c1-5-7-10(6-2)8-9-11(3,4)12/h6,8-9,12H,5,7H2,1-4H3/b9-8-,10-6-. The lowest BCUT2D eigenvalue weighted by molar-refractivity contribution is 0.133. The number of rotatable bonds is 4. The van der Waals surface area contributed by atoms with E-state index in [0.29, 0.717) is 0 Å². The second kappa shape index (κ2) is 5.15. The second-order valence-electron chi connectivity index (χ2n) is 3.60. The fourth-order valence-corrected chi connectivity index (χ4v) is 0.924. The quantitative estimate of drug-likeness (QED) is 0.640. The van der Waals surface area contributed by atoms with Gasteiger partial charge in [-0.1, -0.05) is 37.1 Å². The molecule has 0 radical (unpaired) electrons. The molecule has 0 spiro atoms. The van der Waals surface area contributed by atoms with Gasteiger partial charge in [0.25, 0.3) is 0 Å². The van der Waals surface area contributed by atoms with Crippen LogP contribution in [-0.4, -0.2) is 10.7 Å². The third kappa shape index (κ3) is 6.17. The van der Waals surface area contributed by atoms with Crippen molar-refractivity contribution in [3.05, 3.63) is 23.8 Å². The van der Waals surface area contributed by atoms with E-state index < -0.39 is 5.60 Å². The molecule has 1 N–H and O–H groups in total. The molecule has 0 saturated carbocycles. The van der Waals surface area contributed by atoms with Gasteiger partial charge in [0.2, 0.25) is 0 Å². The molecule has 0 unspecified atom stereocenters. The average Bonchev–Trinajstić information content (AvgIpc) is 1.96. The van der Waals surface area contributed by atoms with Gasteiger partial charge in [0.15, 0.2) is 0 Å². The van der Waals surface area contributed by atoms with Crippen LogP contribution in [0.3, 0.4) is 0 Å². The summed E-state index contributed by atoms with van der Waals surface area (Å²) in [4.78, 5) is 0. The van der Waals surface area contributed by atoms with Crippen molar-refractivity contribution in [1.82, 2.24) is 0 Å². The van der Waals surface area contributed by atoms with E-state index in [1.54, 1.807) is 13.8 Å². The normalized spacial score (nSPS) is 14.2. The third-order valence-electron chi connectivity index (χ3n) is 1.61. The van der Waals surface area contributed by atoms with E-state index in [9.17, 15) is 5.11 Å². The minimum absolute atomic E-state index is 0.692. The maximum absolute atomic E-state index is 9.42. The van der Waals surface area contributed by atoms with Gasteiger partial charge in [-0.25, -0.2) is 0 Å². The Balaban J connectivity index is 4.12. The summed E-state index contributed by atoms with van der Waals surface area (Å²) >= 11 is 0. The molecule has 0 saturated heterocycles. The van der Waals surface area contributed by atoms with Crippen LogP contribution in [0.1, 0.15) is 40.5 Å². The van der Waals surface area contributed by atoms with Crippen LogP contribution < -0.4 is 0 Å². The first-order valence-electron chi connectivity index (χ1n) is 4.56. The highest BCUT2D eigenvalue weighted by Gasteiger charge is 2.05. The van der Waals surface area contributed by atoms with Gasteiger partial charge < -0.3 is 5.11 Å². The maximum atomic E-state index is 9.42. The Hall–Kier alpha value is -0.560. The summed E-state index contributed by atoms with van der Waals surface area (Å²) in [5, 5.41) is 9.42. The highest BCUT2D eigenvalue weighted by atomic mass is 16.3. The maximum Gasteiger partial charge on any atom is 0.0774 e. The molecule has 0 aromatic rings. The molecule has 70 valence electrons. The average molecular weight is 168 g/mol. The van der Waals surface area contributed by atoms with Gasteiger partial charge in [0.1, 0.15) is 0 Å². The van der Waals surface area contributed by atoms with Gasteiger partial charge in [-0.3, -0.25) is 0 Å². The number of hydrogen-bond donors (Lipinski definition) is 1. The summed E-state index contributed by atoms with van der Waals surface area (Å²) in [5.41, 5.74) is 0.599. The zero-order valence-corrected chi connectivity index (χ0v) is 8.59. The van der Waals surface area contributed by atoms with E-state index >= 15 is 0 Å². The van der Waals surface area contributed by atoms with Crippen LogP contribution in [0.5, 0.6) is 0 Å². The molecule has 1 heteroatoms. The molecule has 0 aromatic carbocycles. The van der Waals surface area contributed by atoms with Crippen LogP contribution in [0.2, 0.25) is 0 Å². The van der Waals surface area contributed by atoms with Crippen LogP contribution in [0.25, 0.3) is 0 Å². The Labute approximate surface area is 75.8 Å². The highest BCUT2D eigenvalue weighted by Crippen LogP contribution is 2.10. The van der Waals surface area contributed by atoms with E-state index in [0.717, 1.165) is 12.8 Å². The molecule has 0 atom stereocenters. The van der Waals surface area contributed by atoms with E-state index in [-0.39, 0.29) is 0 Å². The first-order chi connectivity index (χ1) is 5.49. The SMILES string of the molecule is C/C=C(\C=C/C(C)(C)O)CCC. The number of hydrogen-bond acceptors (Lipinski definition) is 1. The Bertz CT molecular complexity index is 170. The molecular formula is C11H20O. The molecule has 0 aliphatic carbocycles. The smallest absolute Gasteiger partial charge is 0.0774 e. The van der Waals surface area contributed by atoms with Crippen molar-refractivity contribution in [3.8, 4) is 0 Å². The Morgan fingerprint density at radius 3 is 2.33 bits per heavy atom. The fourth-order valence-electron chi connectivity index (χ4n) is 0.924. The highest BCUT2D eigenvalue weighted by molar-refractivity contribution is 5.19. The second-order valence-corrected chi connectivity index (χ2v) is 3.60. The molecular weight excluding hydrogens is 148 g/mol. The van der Waals surface area contributed by atoms with Crippen LogP contribution in [0, 0.1) is 0 Å². The summed E-state index contributed by atoms with van der Waals surface area (Å²) in [6, 6.07) is 0. The number of allylic oxidation sites excluding steroid dienone is 3. The van der Waals surface area contributed by atoms with Gasteiger partial charge in [-0.05, 0) is 27.2 Å². The van der Waals surface area contributed by atoms with Crippen LogP contribution in [-0.2, 0) is 0 Å². The van der Waals surface area contributed by atoms with Crippen molar-refractivity contribution in [2.24, 2.45) is 0 Å². The van der Waals surface area contributed by atoms with Gasteiger partial charge in [0.05, 0.1) is 5.60 Å². The Morgan fingerprint density at radius 2 is 2.00 bits per heavy atom. The van der Waals surface area contributed by atoms with Crippen LogP contribution >= 0.6 is 0 Å². The van der Waals surface area contributed by atoms with Crippen molar-refractivity contribution in [2.45, 2.75) is 46.1 Å². The largest absolute Gasteiger partial charge is 0.386 e. The molecule has 0 aliphatic rings. The summed E-state index contributed by atoms with van der Waals surface area (Å²) in [5.74, 6) is 0. The molecule has 0 amide bonds. The van der Waals surface area contributed by atoms with Crippen molar-refractivity contribution in [3.63, 3.8) is 0 Å². The minimum atomic E-state index is -0.692. The zero-order chi connectivity index (χ0) is 9.61. The predicted molar refractivity (Wildman–Crippen MR) is 54.1 cm³/mol. The summed E-state index contributed by atoms with van der Waals surface area (Å²) in [6.45, 7) is 7.74. The van der Waals surface area contributed by atoms with Crippen LogP contribution in [0.4, 0.5) is 0 Å². The van der Waals surface area contributed by atoms with Crippen molar-refractivity contribution in [1.29, 1.82) is 0 Å². The summed E-state index contributed by atoms with van der Waals surface area (Å²) in [7, 11) is 0. The van der Waals surface area contributed by atoms with Crippen LogP contribution in [0.15, 0.2) is 23.8 Å². The van der Waals surface area contributed by atoms with Gasteiger partial charge in [-0.2, -0.15) is 0 Å². The fraction of sp³-hybridized carbons (Fsp3) is 0.636. The van der Waals surface area contributed by atoms with Gasteiger partial charge in [0, 0.05) is 0 Å². The lowest BCUT2D eigenvalue weighted by Gasteiger charge is -2.10. The molecule has 0 bridgehead atoms. The van der Waals surface area contributed by atoms with Crippen molar-refractivity contribution in [2.75, 3.05) is 0 Å². The number of aliphatic hydroxyl groups is 1. The van der Waals surface area contributed by atoms with E-state index in [1.807, 2.05) is 19.1 Å². The Kier molecular flexibility index (Phi) is 4.91. The minimum Gasteiger partial charge on any atom is -0.386 e. The molecule has 0 rings (SSSR count). The third-order valence-corrected chi connectivity index (χ3v) is 1.61. The van der Waals surface area contributed by atoms with Crippen molar-refractivity contribution >= 4 is 0 Å². The molecule has 0 heterocycles. The zero-order valence-electron chi connectivity index (χ0n) is 8.59. The molecule has 0 aromatic heterocycles. The van der Waals surface area contributed by atoms with Crippen molar-refractivity contribution < 1.29 is 5.11 Å². The molecule has 0 aliphatic heterocycles. The van der Waals surface area contributed by atoms with E-state index in [2.05, 4.69) is 13.0 Å². The predicted octanol–water partition coefficient (Wildman–Crippen LogP) is 3.06. The molecule has 0 fully saturated rings. The lowest BCUT2D eigenvalue weighted by atomic mass is 10.1. The first-order valence-corrected chi connectivity index (χ1v) is 4.56. The summed E-state index contributed by atoms with van der Waals surface area (Å²) < 4.78 is 0. The summed E-state index contributed by atoms with van der Waals surface area (Å²) in [6.07, 6.45) is 8.16. The Morgan fingerprint density at radius 1 is 1.42 bits per heavy atom. The van der Waals surface area contributed by atoms with E-state index in [4.69, 9.17) is 0 Å². The van der Waals surface area contributed by atoms with Gasteiger partial charge >= 0.3 is 0 Å². The first kappa shape index (κ1) is 11.4. The topological polar surface area (TPSA) is 20.2 Å². The van der Waals surface area contributed by atoms with Gasteiger partial charge in [-0.15, -0.1) is 0 Å². The lowest BCUT2D eigenvalue weighted by Crippen LogP contribution is -2.13. The molecule has 1 nitrogen and oxygen atoms in total. The molecule has 12 heavy (non-hydrogen) atoms. The van der Waals surface area contributed by atoms with E-state index in [1.165, 1.54) is 5.57 Å². The monoisotopic (exact) mass is 168 g/mol.